The summed E-state index contributed by atoms with van der Waals surface area (Å²) in [4.78, 5) is 15.1. The summed E-state index contributed by atoms with van der Waals surface area (Å²) in [5.74, 6) is 2.49. The molecule has 32 heavy (non-hydrogen) atoms. The van der Waals surface area contributed by atoms with Crippen molar-refractivity contribution < 1.29 is 48.5 Å². The van der Waals surface area contributed by atoms with E-state index in [0.29, 0.717) is 23.6 Å². The van der Waals surface area contributed by atoms with Crippen molar-refractivity contribution in [3.05, 3.63) is 41.0 Å². The van der Waals surface area contributed by atoms with E-state index in [4.69, 9.17) is 18.9 Å². The molecule has 8 heteroatoms. The minimum atomic E-state index is -0.133. The summed E-state index contributed by atoms with van der Waals surface area (Å²) in [5.41, 5.74) is 3.14. The zero-order chi connectivity index (χ0) is 23.1. The van der Waals surface area contributed by atoms with Crippen molar-refractivity contribution in [2.24, 2.45) is 0 Å². The molecule has 1 aliphatic rings. The molecule has 0 saturated carbocycles. The molecular weight excluding hydrogens is 606 g/mol. The van der Waals surface area contributed by atoms with E-state index in [-0.39, 0.29) is 5.91 Å². The number of carbonyl (C=O) groups excluding carboxylic acids is 1. The molecule has 1 aliphatic heterocycles. The molecule has 0 aliphatic carbocycles. The van der Waals surface area contributed by atoms with Gasteiger partial charge in [0.1, 0.15) is 0 Å². The van der Waals surface area contributed by atoms with E-state index in [9.17, 15) is 4.79 Å². The second-order valence-electron chi connectivity index (χ2n) is 7.65. The first kappa shape index (κ1) is 24.6. The van der Waals surface area contributed by atoms with E-state index >= 15 is 0 Å². The number of rotatable bonds is 10. The monoisotopic (exact) mass is 637 g/mol. The minimum absolute atomic E-state index is 0.133. The van der Waals surface area contributed by atoms with Crippen LogP contribution in [0.25, 0.3) is 0 Å². The molecule has 0 radical (unpaired) electrons. The van der Waals surface area contributed by atoms with Crippen molar-refractivity contribution in [1.82, 2.24) is 10.2 Å². The van der Waals surface area contributed by atoms with E-state index in [1.165, 1.54) is 35.8 Å². The van der Waals surface area contributed by atoms with Crippen LogP contribution in [0, 0.1) is 24.7 Å². The zero-order valence-corrected chi connectivity index (χ0v) is 22.1. The maximum absolute atomic E-state index is 12.7. The number of carbonyl (C=O) groups is 1. The van der Waals surface area contributed by atoms with Gasteiger partial charge in [-0.1, -0.05) is 0 Å². The second kappa shape index (κ2) is 11.7. The second-order valence-corrected chi connectivity index (χ2v) is 9.35. The Bertz CT molecular complexity index is 950. The van der Waals surface area contributed by atoms with Gasteiger partial charge in [0.25, 0.3) is 0 Å². The summed E-state index contributed by atoms with van der Waals surface area (Å²) >= 11 is 1.49. The van der Waals surface area contributed by atoms with Crippen LogP contribution < -0.4 is 27.5 Å². The van der Waals surface area contributed by atoms with Gasteiger partial charge in [0.2, 0.25) is 0 Å². The van der Waals surface area contributed by atoms with Crippen LogP contribution >= 0.6 is 0 Å². The van der Waals surface area contributed by atoms with Crippen molar-refractivity contribution in [3.8, 4) is 23.0 Å². The molecule has 174 valence electrons. The van der Waals surface area contributed by atoms with Gasteiger partial charge in [-0.25, -0.2) is 0 Å². The molecule has 1 amide bonds. The molecule has 1 heterocycles. The number of hydrogen-bond acceptors (Lipinski definition) is 6. The Kier molecular flexibility index (Phi) is 9.00. The first-order chi connectivity index (χ1) is 15.5. The van der Waals surface area contributed by atoms with Crippen LogP contribution in [-0.2, 0) is 13.0 Å². The third-order valence-corrected chi connectivity index (χ3v) is 6.52. The van der Waals surface area contributed by atoms with Crippen molar-refractivity contribution in [3.63, 3.8) is 0 Å². The molecule has 0 fully saturated rings. The Morgan fingerprint density at radius 1 is 0.938 bits per heavy atom. The van der Waals surface area contributed by atoms with Crippen molar-refractivity contribution >= 4 is 9.18 Å². The number of methoxy groups -OCH3 is 4. The SMILES string of the molecule is COc1cc2c(cc1OC)CN(CCCCNC(=O)c1cc([At])cc(OC)c1OC)CC2. The van der Waals surface area contributed by atoms with E-state index < -0.39 is 0 Å². The third kappa shape index (κ3) is 5.84. The number of unbranched alkanes of at least 4 members (excludes halogenated alkanes) is 1. The van der Waals surface area contributed by atoms with Gasteiger partial charge in [-0.2, -0.15) is 0 Å². The van der Waals surface area contributed by atoms with E-state index in [2.05, 4.69) is 22.3 Å². The molecule has 0 bridgehead atoms. The Morgan fingerprint density at radius 3 is 2.28 bits per heavy atom. The average molecular weight is 638 g/mol. The average Bonchev–Trinajstić information content (AvgIpc) is 2.81. The van der Waals surface area contributed by atoms with Crippen LogP contribution in [0.3, 0.4) is 0 Å². The fraction of sp³-hybridized carbons (Fsp3) is 0.458. The predicted molar refractivity (Wildman–Crippen MR) is 119 cm³/mol. The number of amides is 1. The number of hydrogen-bond donors (Lipinski definition) is 1. The summed E-state index contributed by atoms with van der Waals surface area (Å²) in [7, 11) is 6.47. The Labute approximate surface area is 205 Å². The van der Waals surface area contributed by atoms with Gasteiger partial charge < -0.3 is 9.47 Å². The number of nitrogens with one attached hydrogen (secondary N) is 1. The fourth-order valence-electron chi connectivity index (χ4n) is 3.99. The summed E-state index contributed by atoms with van der Waals surface area (Å²) in [6, 6.07) is 7.92. The molecule has 0 aromatic heterocycles. The first-order valence-corrected chi connectivity index (χ1v) is 12.1. The van der Waals surface area contributed by atoms with Gasteiger partial charge in [0.05, 0.1) is 14.2 Å². The molecule has 3 rings (SSSR count). The van der Waals surface area contributed by atoms with Crippen LogP contribution in [-0.4, -0.2) is 58.9 Å². The van der Waals surface area contributed by atoms with Crippen LogP contribution in [0.1, 0.15) is 34.3 Å². The van der Waals surface area contributed by atoms with Gasteiger partial charge in [-0.15, -0.1) is 0 Å². The number of nitrogens with zero attached hydrogens (tertiary/aromatic N) is 1. The fourth-order valence-corrected chi connectivity index (χ4v) is 4.80. The van der Waals surface area contributed by atoms with Gasteiger partial charge in [0, 0.05) is 0 Å². The molecular formula is C24H31AtN2O5. The Hall–Kier alpha value is -2.05. The first-order valence-electron chi connectivity index (χ1n) is 10.7. The molecule has 0 atom stereocenters. The van der Waals surface area contributed by atoms with E-state index in [0.717, 1.165) is 53.7 Å². The number of benzene rings is 2. The summed E-state index contributed by atoms with van der Waals surface area (Å²) < 4.78 is 22.6. The quantitative estimate of drug-likeness (QED) is 0.404. The summed E-state index contributed by atoms with van der Waals surface area (Å²) in [5, 5.41) is 3.02. The normalized spacial score (nSPS) is 13.3. The van der Waals surface area contributed by atoms with Crippen molar-refractivity contribution in [2.45, 2.75) is 25.8 Å². The van der Waals surface area contributed by atoms with Crippen LogP contribution in [0.4, 0.5) is 0 Å². The molecule has 7 nitrogen and oxygen atoms in total. The Morgan fingerprint density at radius 2 is 1.62 bits per heavy atom. The molecule has 0 saturated heterocycles. The van der Waals surface area contributed by atoms with Gasteiger partial charge in [-0.05, 0) is 17.7 Å². The summed E-state index contributed by atoms with van der Waals surface area (Å²) in [6.07, 6.45) is 2.93. The van der Waals surface area contributed by atoms with Crippen LogP contribution in [0.2, 0.25) is 0 Å². The van der Waals surface area contributed by atoms with Crippen molar-refractivity contribution in [2.75, 3.05) is 48.1 Å². The maximum atomic E-state index is 12.7. The Balaban J connectivity index is 1.48. The molecule has 2 aromatic carbocycles. The standard InChI is InChI=1S/C24H31AtN2O5/c1-29-20-11-16-7-10-27(15-17(16)12-21(20)30-2)9-6-5-8-26-24(28)19-13-18(25)14-22(31-3)23(19)32-4/h11-14H,5-10,15H2,1-4H3,(H,26,28). The molecule has 1 N–H and O–H groups in total. The van der Waals surface area contributed by atoms with Gasteiger partial charge in [0.15, 0.2) is 11.5 Å². The molecule has 2 aromatic rings. The number of ether oxygens (including phenoxy) is 4. The van der Waals surface area contributed by atoms with Gasteiger partial charge in [-0.3, -0.25) is 0 Å². The summed E-state index contributed by atoms with van der Waals surface area (Å²) in [6.45, 7) is 3.55. The molecule has 0 unspecified atom stereocenters. The predicted octanol–water partition coefficient (Wildman–Crippen LogP) is 2.46. The van der Waals surface area contributed by atoms with Crippen LogP contribution in [0.15, 0.2) is 24.3 Å². The molecule has 0 spiro atoms. The van der Waals surface area contributed by atoms with Crippen molar-refractivity contribution in [1.29, 1.82) is 0 Å². The topological polar surface area (TPSA) is 69.3 Å². The van der Waals surface area contributed by atoms with E-state index in [1.807, 2.05) is 12.1 Å². The van der Waals surface area contributed by atoms with Crippen LogP contribution in [0.5, 0.6) is 23.0 Å². The zero-order valence-electron chi connectivity index (χ0n) is 19.1. The number of fused-ring (bicyclic) bond motifs is 1. The van der Waals surface area contributed by atoms with E-state index in [1.54, 1.807) is 28.4 Å². The van der Waals surface area contributed by atoms with Gasteiger partial charge >= 0.3 is 153 Å². The third-order valence-electron chi connectivity index (χ3n) is 5.67.